The van der Waals surface area contributed by atoms with Crippen LogP contribution in [0.5, 0.6) is 0 Å². The van der Waals surface area contributed by atoms with Gasteiger partial charge in [0, 0.05) is 31.9 Å². The number of nitrogens with one attached hydrogen (secondary N) is 1. The lowest BCUT2D eigenvalue weighted by Crippen LogP contribution is -2.36. The number of alkyl halides is 3. The van der Waals surface area contributed by atoms with Crippen LogP contribution in [0, 0.1) is 0 Å². The third-order valence-corrected chi connectivity index (χ3v) is 4.54. The number of morpholine rings is 1. The molecule has 0 bridgehead atoms. The molecular weight excluding hydrogens is 385 g/mol. The summed E-state index contributed by atoms with van der Waals surface area (Å²) in [6, 6.07) is 9.97. The van der Waals surface area contributed by atoms with Gasteiger partial charge in [-0.1, -0.05) is 12.1 Å². The van der Waals surface area contributed by atoms with E-state index in [0.717, 1.165) is 30.5 Å². The van der Waals surface area contributed by atoms with Crippen LogP contribution in [0.1, 0.15) is 11.3 Å². The van der Waals surface area contributed by atoms with Crippen LogP contribution in [0.3, 0.4) is 0 Å². The van der Waals surface area contributed by atoms with Crippen molar-refractivity contribution in [3.8, 4) is 5.69 Å². The third-order valence-electron chi connectivity index (χ3n) is 4.54. The molecule has 7 nitrogen and oxygen atoms in total. The van der Waals surface area contributed by atoms with Gasteiger partial charge in [-0.15, -0.1) is 0 Å². The van der Waals surface area contributed by atoms with Crippen LogP contribution in [0.2, 0.25) is 0 Å². The minimum Gasteiger partial charge on any atom is -0.378 e. The molecule has 1 aromatic carbocycles. The maximum absolute atomic E-state index is 12.7. The Morgan fingerprint density at radius 1 is 1.03 bits per heavy atom. The zero-order chi connectivity index (χ0) is 20.3. The summed E-state index contributed by atoms with van der Waals surface area (Å²) >= 11 is 0. The highest BCUT2D eigenvalue weighted by atomic mass is 19.4. The highest BCUT2D eigenvalue weighted by Crippen LogP contribution is 2.28. The van der Waals surface area contributed by atoms with E-state index in [1.165, 1.54) is 17.2 Å². The maximum atomic E-state index is 12.7. The number of anilines is 2. The third kappa shape index (κ3) is 4.65. The van der Waals surface area contributed by atoms with Gasteiger partial charge in [0.2, 0.25) is 0 Å². The summed E-state index contributed by atoms with van der Waals surface area (Å²) in [7, 11) is 0. The summed E-state index contributed by atoms with van der Waals surface area (Å²) in [5, 5.41) is 6.82. The molecule has 3 heterocycles. The Labute approximate surface area is 165 Å². The summed E-state index contributed by atoms with van der Waals surface area (Å²) in [6.07, 6.45) is -1.64. The van der Waals surface area contributed by atoms with E-state index in [2.05, 4.69) is 25.3 Å². The first-order valence-electron chi connectivity index (χ1n) is 9.10. The van der Waals surface area contributed by atoms with Crippen molar-refractivity contribution in [1.82, 2.24) is 19.7 Å². The van der Waals surface area contributed by atoms with Crippen molar-refractivity contribution in [2.75, 3.05) is 36.5 Å². The van der Waals surface area contributed by atoms with E-state index in [-0.39, 0.29) is 0 Å². The van der Waals surface area contributed by atoms with E-state index in [1.54, 1.807) is 12.1 Å². The Morgan fingerprint density at radius 2 is 1.79 bits per heavy atom. The zero-order valence-electron chi connectivity index (χ0n) is 15.4. The van der Waals surface area contributed by atoms with Crippen LogP contribution < -0.4 is 10.2 Å². The molecule has 1 saturated heterocycles. The smallest absolute Gasteiger partial charge is 0.378 e. The van der Waals surface area contributed by atoms with Crippen molar-refractivity contribution in [2.45, 2.75) is 12.7 Å². The molecule has 4 rings (SSSR count). The lowest BCUT2D eigenvalue weighted by atomic mass is 10.2. The topological polar surface area (TPSA) is 68.1 Å². The molecule has 1 fully saturated rings. The van der Waals surface area contributed by atoms with Gasteiger partial charge < -0.3 is 15.0 Å². The fourth-order valence-corrected chi connectivity index (χ4v) is 2.99. The van der Waals surface area contributed by atoms with Crippen LogP contribution >= 0.6 is 0 Å². The van der Waals surface area contributed by atoms with Gasteiger partial charge >= 0.3 is 6.18 Å². The number of aromatic nitrogens is 4. The van der Waals surface area contributed by atoms with Crippen LogP contribution in [0.4, 0.5) is 24.8 Å². The number of ether oxygens (including phenoxy) is 1. The second kappa shape index (κ2) is 8.08. The molecule has 1 aliphatic rings. The Kier molecular flexibility index (Phi) is 5.34. The number of halogens is 3. The highest BCUT2D eigenvalue weighted by Gasteiger charge is 2.33. The molecule has 0 atom stereocenters. The summed E-state index contributed by atoms with van der Waals surface area (Å²) in [5.41, 5.74) is 0.604. The van der Waals surface area contributed by atoms with Crippen LogP contribution in [-0.4, -0.2) is 46.1 Å². The second-order valence-electron chi connectivity index (χ2n) is 6.52. The number of rotatable bonds is 5. The van der Waals surface area contributed by atoms with Gasteiger partial charge in [0.05, 0.1) is 18.9 Å². The predicted octanol–water partition coefficient (Wildman–Crippen LogP) is 3.13. The molecule has 0 spiro atoms. The quantitative estimate of drug-likeness (QED) is 0.705. The minimum atomic E-state index is -4.45. The number of hydrogen-bond donors (Lipinski definition) is 1. The first-order valence-corrected chi connectivity index (χ1v) is 9.10. The summed E-state index contributed by atoms with van der Waals surface area (Å²) < 4.78 is 44.6. The fourth-order valence-electron chi connectivity index (χ4n) is 2.99. The fraction of sp³-hybridized carbons (Fsp3) is 0.316. The number of hydrogen-bond acceptors (Lipinski definition) is 6. The Hall–Kier alpha value is -3.14. The molecule has 29 heavy (non-hydrogen) atoms. The van der Waals surface area contributed by atoms with Crippen LogP contribution in [0.15, 0.2) is 48.9 Å². The van der Waals surface area contributed by atoms with Gasteiger partial charge in [0.15, 0.2) is 5.69 Å². The highest BCUT2D eigenvalue weighted by molar-refractivity contribution is 5.49. The molecular formula is C19H19F3N6O. The first kappa shape index (κ1) is 19.2. The standard InChI is InChI=1S/C19H19F3N6O/c20-19(21,22)16-5-6-28(26-16)15-3-1-14(2-4-15)12-23-17-11-18(25-13-24-17)27-7-9-29-10-8-27/h1-6,11,13H,7-10,12H2,(H,23,24,25). The molecule has 0 saturated carbocycles. The van der Waals surface area contributed by atoms with E-state index >= 15 is 0 Å². The van der Waals surface area contributed by atoms with E-state index in [1.807, 2.05) is 18.2 Å². The summed E-state index contributed by atoms with van der Waals surface area (Å²) in [6.45, 7) is 3.47. The summed E-state index contributed by atoms with van der Waals surface area (Å²) in [4.78, 5) is 10.7. The van der Waals surface area contributed by atoms with Crippen molar-refractivity contribution in [3.63, 3.8) is 0 Å². The average molecular weight is 404 g/mol. The van der Waals surface area contributed by atoms with Gasteiger partial charge in [-0.3, -0.25) is 0 Å². The van der Waals surface area contributed by atoms with E-state index in [0.29, 0.717) is 31.3 Å². The molecule has 152 valence electrons. The van der Waals surface area contributed by atoms with Gasteiger partial charge in [-0.25, -0.2) is 14.6 Å². The monoisotopic (exact) mass is 404 g/mol. The largest absolute Gasteiger partial charge is 0.435 e. The maximum Gasteiger partial charge on any atom is 0.435 e. The molecule has 1 N–H and O–H groups in total. The second-order valence-corrected chi connectivity index (χ2v) is 6.52. The molecule has 0 radical (unpaired) electrons. The molecule has 0 amide bonds. The first-order chi connectivity index (χ1) is 14.0. The van der Waals surface area contributed by atoms with Gasteiger partial charge in [0.1, 0.15) is 18.0 Å². The molecule has 2 aromatic heterocycles. The van der Waals surface area contributed by atoms with Crippen molar-refractivity contribution >= 4 is 11.6 Å². The summed E-state index contributed by atoms with van der Waals surface area (Å²) in [5.74, 6) is 1.55. The lowest BCUT2D eigenvalue weighted by molar-refractivity contribution is -0.141. The SMILES string of the molecule is FC(F)(F)c1ccn(-c2ccc(CNc3cc(N4CCOCC4)ncn3)cc2)n1. The van der Waals surface area contributed by atoms with E-state index in [4.69, 9.17) is 4.74 Å². The van der Waals surface area contributed by atoms with E-state index < -0.39 is 11.9 Å². The number of nitrogens with zero attached hydrogens (tertiary/aromatic N) is 5. The zero-order valence-corrected chi connectivity index (χ0v) is 15.4. The van der Waals surface area contributed by atoms with Crippen molar-refractivity contribution in [2.24, 2.45) is 0 Å². The van der Waals surface area contributed by atoms with Gasteiger partial charge in [0.25, 0.3) is 0 Å². The van der Waals surface area contributed by atoms with Crippen LogP contribution in [0.25, 0.3) is 5.69 Å². The van der Waals surface area contributed by atoms with Crippen molar-refractivity contribution in [1.29, 1.82) is 0 Å². The molecule has 10 heteroatoms. The average Bonchev–Trinajstić information content (AvgIpc) is 3.24. The molecule has 0 aliphatic carbocycles. The Balaban J connectivity index is 1.39. The normalized spacial score (nSPS) is 14.8. The molecule has 0 unspecified atom stereocenters. The van der Waals surface area contributed by atoms with Crippen LogP contribution in [-0.2, 0) is 17.5 Å². The van der Waals surface area contributed by atoms with Gasteiger partial charge in [-0.2, -0.15) is 18.3 Å². The Bertz CT molecular complexity index is 951. The predicted molar refractivity (Wildman–Crippen MR) is 101 cm³/mol. The van der Waals surface area contributed by atoms with Crippen molar-refractivity contribution < 1.29 is 17.9 Å². The van der Waals surface area contributed by atoms with E-state index in [9.17, 15) is 13.2 Å². The molecule has 3 aromatic rings. The molecule has 1 aliphatic heterocycles. The Morgan fingerprint density at radius 3 is 2.48 bits per heavy atom. The number of benzene rings is 1. The lowest BCUT2D eigenvalue weighted by Gasteiger charge is -2.27. The van der Waals surface area contributed by atoms with Gasteiger partial charge in [-0.05, 0) is 23.8 Å². The minimum absolute atomic E-state index is 0.521. The van der Waals surface area contributed by atoms with Crippen molar-refractivity contribution in [3.05, 3.63) is 60.2 Å².